The van der Waals surface area contributed by atoms with Gasteiger partial charge in [0.25, 0.3) is 5.91 Å². The van der Waals surface area contributed by atoms with Crippen molar-refractivity contribution >= 4 is 34.2 Å². The van der Waals surface area contributed by atoms with E-state index in [4.69, 9.17) is 9.94 Å². The van der Waals surface area contributed by atoms with Crippen molar-refractivity contribution in [2.45, 2.75) is 52.9 Å². The average Bonchev–Trinajstić information content (AvgIpc) is 3.17. The van der Waals surface area contributed by atoms with Gasteiger partial charge in [-0.2, -0.15) is 0 Å². The molecule has 0 aliphatic carbocycles. The van der Waals surface area contributed by atoms with Crippen LogP contribution in [0.2, 0.25) is 0 Å². The minimum atomic E-state index is -0.388. The van der Waals surface area contributed by atoms with Gasteiger partial charge in [0.1, 0.15) is 5.75 Å². The highest BCUT2D eigenvalue weighted by atomic mass is 32.1. The number of ether oxygens (including phenoxy) is 1. The molecule has 0 unspecified atom stereocenters. The molecule has 0 aliphatic rings. The summed E-state index contributed by atoms with van der Waals surface area (Å²) >= 11 is 1.37. The Morgan fingerprint density at radius 2 is 1.88 bits per heavy atom. The maximum atomic E-state index is 12.8. The highest BCUT2D eigenvalue weighted by Gasteiger charge is 2.18. The van der Waals surface area contributed by atoms with E-state index in [2.05, 4.69) is 15.6 Å². The highest BCUT2D eigenvalue weighted by Crippen LogP contribution is 2.35. The van der Waals surface area contributed by atoms with Crippen molar-refractivity contribution in [2.75, 3.05) is 19.0 Å². The normalized spacial score (nSPS) is 10.7. The Bertz CT molecular complexity index is 974. The molecule has 2 aromatic rings. The molecule has 0 saturated carbocycles. The van der Waals surface area contributed by atoms with Crippen molar-refractivity contribution in [3.63, 3.8) is 0 Å². The first-order chi connectivity index (χ1) is 15.8. The van der Waals surface area contributed by atoms with E-state index in [-0.39, 0.29) is 30.1 Å². The van der Waals surface area contributed by atoms with Crippen LogP contribution in [0, 0.1) is 12.8 Å². The Balaban J connectivity index is 2.01. The molecule has 0 spiro atoms. The van der Waals surface area contributed by atoms with Crippen LogP contribution in [0.25, 0.3) is 10.4 Å². The summed E-state index contributed by atoms with van der Waals surface area (Å²) in [7, 11) is 1.52. The maximum Gasteiger partial charge on any atom is 0.255 e. The Morgan fingerprint density at radius 1 is 1.15 bits per heavy atom. The summed E-state index contributed by atoms with van der Waals surface area (Å²) in [6.45, 7) is 6.01. The molecule has 0 radical (unpaired) electrons. The van der Waals surface area contributed by atoms with Crippen molar-refractivity contribution in [3.8, 4) is 16.2 Å². The molecule has 4 N–H and O–H groups in total. The van der Waals surface area contributed by atoms with Gasteiger partial charge in [-0.3, -0.25) is 19.6 Å². The molecule has 1 heterocycles. The van der Waals surface area contributed by atoms with E-state index in [1.807, 2.05) is 26.8 Å². The Morgan fingerprint density at radius 3 is 2.55 bits per heavy atom. The summed E-state index contributed by atoms with van der Waals surface area (Å²) in [6, 6.07) is 5.39. The molecule has 0 aliphatic heterocycles. The molecule has 0 bridgehead atoms. The number of carbonyl (C=O) groups excluding carboxylic acids is 3. The lowest BCUT2D eigenvalue weighted by Crippen LogP contribution is -2.25. The van der Waals surface area contributed by atoms with Crippen LogP contribution in [0.3, 0.4) is 0 Å². The molecule has 180 valence electrons. The van der Waals surface area contributed by atoms with E-state index in [0.29, 0.717) is 29.4 Å². The number of hydrogen-bond acceptors (Lipinski definition) is 7. The minimum absolute atomic E-state index is 0.0956. The van der Waals surface area contributed by atoms with Crippen LogP contribution in [0.1, 0.15) is 62.0 Å². The lowest BCUT2D eigenvalue weighted by molar-refractivity contribution is -0.129. The number of carbonyl (C=O) groups is 3. The van der Waals surface area contributed by atoms with Crippen LogP contribution >= 0.6 is 11.3 Å². The Labute approximate surface area is 197 Å². The van der Waals surface area contributed by atoms with Crippen LogP contribution in [0.4, 0.5) is 5.13 Å². The number of aryl methyl sites for hydroxylation is 1. The number of methoxy groups -OCH3 is 1. The number of rotatable bonds is 12. The third-order valence-electron chi connectivity index (χ3n) is 5.00. The van der Waals surface area contributed by atoms with Gasteiger partial charge in [-0.05, 0) is 43.5 Å². The number of unbranched alkanes of at least 4 members (excludes halogenated alkanes) is 3. The molecule has 33 heavy (non-hydrogen) atoms. The average molecular weight is 477 g/mol. The zero-order valence-electron chi connectivity index (χ0n) is 19.5. The van der Waals surface area contributed by atoms with Crippen molar-refractivity contribution in [2.24, 2.45) is 5.92 Å². The molecule has 1 aromatic carbocycles. The fourth-order valence-corrected chi connectivity index (χ4v) is 4.08. The van der Waals surface area contributed by atoms with Crippen LogP contribution in [0.15, 0.2) is 18.2 Å². The fourth-order valence-electron chi connectivity index (χ4n) is 3.11. The number of thiazole rings is 1. The zero-order chi connectivity index (χ0) is 24.4. The van der Waals surface area contributed by atoms with E-state index in [9.17, 15) is 14.4 Å². The lowest BCUT2D eigenvalue weighted by Gasteiger charge is -2.11. The topological polar surface area (TPSA) is 130 Å². The lowest BCUT2D eigenvalue weighted by atomic mass is 10.1. The summed E-state index contributed by atoms with van der Waals surface area (Å²) in [5, 5.41) is 14.7. The largest absolute Gasteiger partial charge is 0.496 e. The standard InChI is InChI=1S/C23H32N4O5S/c1-14(2)21(29)26-23-25-15(3)20(33-23)16-10-11-18(32-4)17(13-16)22(30)24-12-8-6-5-7-9-19(28)27-31/h10-11,13-14,31H,5-9,12H2,1-4H3,(H,24,30)(H,27,28)(H,25,26,29). The van der Waals surface area contributed by atoms with Crippen LogP contribution in [-0.2, 0) is 9.59 Å². The second kappa shape index (κ2) is 12.9. The molecule has 9 nitrogen and oxygen atoms in total. The zero-order valence-corrected chi connectivity index (χ0v) is 20.3. The number of amides is 3. The summed E-state index contributed by atoms with van der Waals surface area (Å²) < 4.78 is 5.38. The molecule has 2 rings (SSSR count). The van der Waals surface area contributed by atoms with E-state index < -0.39 is 0 Å². The number of aromatic nitrogens is 1. The molecule has 0 saturated heterocycles. The molecular formula is C23H32N4O5S. The molecule has 0 fully saturated rings. The van der Waals surface area contributed by atoms with Gasteiger partial charge in [0.05, 0.1) is 23.2 Å². The Kier molecular flexibility index (Phi) is 10.3. The van der Waals surface area contributed by atoms with Gasteiger partial charge in [0, 0.05) is 18.9 Å². The summed E-state index contributed by atoms with van der Waals surface area (Å²) in [6.07, 6.45) is 3.45. The number of anilines is 1. The van der Waals surface area contributed by atoms with Crippen LogP contribution in [0.5, 0.6) is 5.75 Å². The van der Waals surface area contributed by atoms with E-state index in [0.717, 1.165) is 35.4 Å². The predicted molar refractivity (Wildman–Crippen MR) is 128 cm³/mol. The van der Waals surface area contributed by atoms with Gasteiger partial charge in [-0.1, -0.05) is 38.0 Å². The molecule has 0 atom stereocenters. The number of benzene rings is 1. The number of nitrogens with one attached hydrogen (secondary N) is 3. The number of hydrogen-bond donors (Lipinski definition) is 4. The van der Waals surface area contributed by atoms with Crippen molar-refractivity contribution in [1.29, 1.82) is 0 Å². The third kappa shape index (κ3) is 7.83. The number of nitrogens with zero attached hydrogens (tertiary/aromatic N) is 1. The van der Waals surface area contributed by atoms with E-state index >= 15 is 0 Å². The molecular weight excluding hydrogens is 444 g/mol. The third-order valence-corrected chi connectivity index (χ3v) is 6.12. The van der Waals surface area contributed by atoms with Crippen LogP contribution in [-0.4, -0.2) is 41.6 Å². The molecule has 3 amide bonds. The van der Waals surface area contributed by atoms with Gasteiger partial charge < -0.3 is 15.4 Å². The summed E-state index contributed by atoms with van der Waals surface area (Å²) in [5.41, 5.74) is 3.63. The van der Waals surface area contributed by atoms with Crippen LogP contribution < -0.4 is 20.9 Å². The first-order valence-electron chi connectivity index (χ1n) is 10.9. The smallest absolute Gasteiger partial charge is 0.255 e. The SMILES string of the molecule is COc1ccc(-c2sc(NC(=O)C(C)C)nc2C)cc1C(=O)NCCCCCCC(=O)NO. The van der Waals surface area contributed by atoms with Crippen molar-refractivity contribution in [3.05, 3.63) is 29.5 Å². The summed E-state index contributed by atoms with van der Waals surface area (Å²) in [4.78, 5) is 41.1. The first-order valence-corrected chi connectivity index (χ1v) is 11.8. The molecule has 1 aromatic heterocycles. The number of hydroxylamine groups is 1. The molecule has 10 heteroatoms. The first kappa shape index (κ1) is 26.3. The van der Waals surface area contributed by atoms with Crippen molar-refractivity contribution < 1.29 is 24.3 Å². The second-order valence-corrected chi connectivity index (χ2v) is 8.95. The predicted octanol–water partition coefficient (Wildman–Crippen LogP) is 3.91. The minimum Gasteiger partial charge on any atom is -0.496 e. The van der Waals surface area contributed by atoms with Gasteiger partial charge in [-0.15, -0.1) is 0 Å². The summed E-state index contributed by atoms with van der Waals surface area (Å²) in [5.74, 6) is -0.387. The maximum absolute atomic E-state index is 12.8. The van der Waals surface area contributed by atoms with Gasteiger partial charge in [0.2, 0.25) is 11.8 Å². The monoisotopic (exact) mass is 476 g/mol. The highest BCUT2D eigenvalue weighted by molar-refractivity contribution is 7.19. The van der Waals surface area contributed by atoms with Gasteiger partial charge in [-0.25, -0.2) is 10.5 Å². The Hall–Kier alpha value is -2.98. The van der Waals surface area contributed by atoms with E-state index in [1.54, 1.807) is 17.6 Å². The van der Waals surface area contributed by atoms with E-state index in [1.165, 1.54) is 18.4 Å². The van der Waals surface area contributed by atoms with Gasteiger partial charge in [0.15, 0.2) is 5.13 Å². The van der Waals surface area contributed by atoms with Gasteiger partial charge >= 0.3 is 0 Å². The fraction of sp³-hybridized carbons (Fsp3) is 0.478. The second-order valence-electron chi connectivity index (χ2n) is 7.95. The van der Waals surface area contributed by atoms with Crippen molar-refractivity contribution in [1.82, 2.24) is 15.8 Å². The quantitative estimate of drug-likeness (QED) is 0.209.